The van der Waals surface area contributed by atoms with Gasteiger partial charge < -0.3 is 10.0 Å². The third-order valence-electron chi connectivity index (χ3n) is 7.87. The van der Waals surface area contributed by atoms with Crippen molar-refractivity contribution < 1.29 is 23.1 Å². The zero-order chi connectivity index (χ0) is 31.3. The van der Waals surface area contributed by atoms with Crippen LogP contribution in [-0.2, 0) is 4.79 Å². The standard InChI is InChI=1S/C31H30F3N5O4/c1-15(2)25-27(16(3)9-11-35-25)39-28-22(14-21(34)26(36-28)24-20(33)7-6-8-23(24)40)38(30(42)31(39)43)19-10-12-37(17(4)13-19)29(41)18(5)32/h6-9,11,14-15,17,19,40H,5,10,12-13H2,1-4H3/t17-,19?/m0/s1. The van der Waals surface area contributed by atoms with Gasteiger partial charge in [-0.15, -0.1) is 0 Å². The zero-order valence-corrected chi connectivity index (χ0v) is 24.1. The van der Waals surface area contributed by atoms with Gasteiger partial charge in [-0.2, -0.15) is 0 Å². The van der Waals surface area contributed by atoms with Gasteiger partial charge in [0, 0.05) is 30.9 Å². The third-order valence-corrected chi connectivity index (χ3v) is 7.87. The van der Waals surface area contributed by atoms with Crippen LogP contribution in [0.3, 0.4) is 0 Å². The molecule has 12 heteroatoms. The molecule has 0 aliphatic carbocycles. The van der Waals surface area contributed by atoms with Crippen molar-refractivity contribution in [3.8, 4) is 22.7 Å². The quantitative estimate of drug-likeness (QED) is 0.256. The molecule has 1 aromatic carbocycles. The summed E-state index contributed by atoms with van der Waals surface area (Å²) in [5, 5.41) is 10.4. The molecule has 43 heavy (non-hydrogen) atoms. The number of amides is 1. The molecule has 5 rings (SSSR count). The lowest BCUT2D eigenvalue weighted by Gasteiger charge is -2.38. The van der Waals surface area contributed by atoms with E-state index in [1.165, 1.54) is 17.0 Å². The number of likely N-dealkylation sites (tertiary alicyclic amines) is 1. The molecule has 3 aromatic heterocycles. The number of fused-ring (bicyclic) bond motifs is 1. The van der Waals surface area contributed by atoms with Crippen LogP contribution in [0.4, 0.5) is 13.2 Å². The van der Waals surface area contributed by atoms with Gasteiger partial charge in [-0.1, -0.05) is 26.5 Å². The minimum absolute atomic E-state index is 0.0495. The molecule has 0 saturated carbocycles. The number of phenolic OH excluding ortho intramolecular Hbond substituents is 1. The lowest BCUT2D eigenvalue weighted by Crippen LogP contribution is -2.49. The van der Waals surface area contributed by atoms with Crippen LogP contribution in [-0.4, -0.2) is 47.6 Å². The van der Waals surface area contributed by atoms with Crippen LogP contribution in [0.15, 0.2) is 58.5 Å². The molecule has 0 bridgehead atoms. The number of halogens is 3. The van der Waals surface area contributed by atoms with E-state index >= 15 is 4.39 Å². The lowest BCUT2D eigenvalue weighted by molar-refractivity contribution is -0.132. The van der Waals surface area contributed by atoms with Gasteiger partial charge in [0.1, 0.15) is 17.3 Å². The van der Waals surface area contributed by atoms with Crippen molar-refractivity contribution in [2.45, 2.75) is 58.5 Å². The number of benzene rings is 1. The molecule has 9 nitrogen and oxygen atoms in total. The predicted molar refractivity (Wildman–Crippen MR) is 155 cm³/mol. The Balaban J connectivity index is 1.85. The van der Waals surface area contributed by atoms with E-state index in [4.69, 9.17) is 0 Å². The number of piperidine rings is 1. The monoisotopic (exact) mass is 593 g/mol. The molecule has 4 aromatic rings. The molecule has 1 aliphatic rings. The molecule has 0 radical (unpaired) electrons. The van der Waals surface area contributed by atoms with Crippen molar-refractivity contribution in [2.75, 3.05) is 6.54 Å². The summed E-state index contributed by atoms with van der Waals surface area (Å²) >= 11 is 0. The van der Waals surface area contributed by atoms with E-state index in [1.54, 1.807) is 26.1 Å². The van der Waals surface area contributed by atoms with Crippen LogP contribution >= 0.6 is 0 Å². The summed E-state index contributed by atoms with van der Waals surface area (Å²) in [6.07, 6.45) is 1.88. The van der Waals surface area contributed by atoms with Gasteiger partial charge >= 0.3 is 11.1 Å². The second-order valence-corrected chi connectivity index (χ2v) is 11.1. The fraction of sp³-hybridized carbons (Fsp3) is 0.323. The Labute approximate surface area is 244 Å². The summed E-state index contributed by atoms with van der Waals surface area (Å²) in [7, 11) is 0. The highest BCUT2D eigenvalue weighted by Crippen LogP contribution is 2.36. The van der Waals surface area contributed by atoms with Crippen molar-refractivity contribution in [2.24, 2.45) is 0 Å². The Kier molecular flexibility index (Phi) is 7.72. The van der Waals surface area contributed by atoms with Crippen molar-refractivity contribution >= 4 is 17.1 Å². The van der Waals surface area contributed by atoms with Gasteiger partial charge in [0.25, 0.3) is 5.91 Å². The molecule has 2 atom stereocenters. The van der Waals surface area contributed by atoms with E-state index in [0.29, 0.717) is 11.3 Å². The first-order valence-electron chi connectivity index (χ1n) is 13.8. The number of aryl methyl sites for hydroxylation is 1. The second kappa shape index (κ2) is 11.2. The number of carbonyl (C=O) groups is 1. The van der Waals surface area contributed by atoms with Crippen LogP contribution in [0.1, 0.15) is 56.8 Å². The summed E-state index contributed by atoms with van der Waals surface area (Å²) in [6, 6.07) is 4.91. The molecule has 224 valence electrons. The summed E-state index contributed by atoms with van der Waals surface area (Å²) in [6.45, 7) is 10.3. The highest BCUT2D eigenvalue weighted by Gasteiger charge is 2.34. The molecule has 1 amide bonds. The molecular formula is C31H30F3N5O4. The SMILES string of the molecule is C=C(F)C(=O)N1CCC(n2c(=O)c(=O)n(-c3c(C)ccnc3C(C)C)c3nc(-c4c(O)cccc4F)c(F)cc32)C[C@@H]1C. The zero-order valence-electron chi connectivity index (χ0n) is 24.1. The second-order valence-electron chi connectivity index (χ2n) is 11.1. The average molecular weight is 594 g/mol. The van der Waals surface area contributed by atoms with Gasteiger partial charge in [0.2, 0.25) is 0 Å². The van der Waals surface area contributed by atoms with Crippen molar-refractivity contribution in [1.29, 1.82) is 0 Å². The molecule has 0 spiro atoms. The van der Waals surface area contributed by atoms with Gasteiger partial charge in [0.15, 0.2) is 17.3 Å². The maximum absolute atomic E-state index is 15.8. The molecular weight excluding hydrogens is 563 g/mol. The molecule has 1 unspecified atom stereocenters. The predicted octanol–water partition coefficient (Wildman–Crippen LogP) is 5.06. The van der Waals surface area contributed by atoms with Gasteiger partial charge in [-0.25, -0.2) is 18.2 Å². The topological polar surface area (TPSA) is 110 Å². The highest BCUT2D eigenvalue weighted by atomic mass is 19.1. The van der Waals surface area contributed by atoms with E-state index in [2.05, 4.69) is 16.5 Å². The molecule has 1 aliphatic heterocycles. The molecule has 4 heterocycles. The molecule has 1 saturated heterocycles. The van der Waals surface area contributed by atoms with E-state index in [-0.39, 0.29) is 42.2 Å². The summed E-state index contributed by atoms with van der Waals surface area (Å²) in [5.74, 6) is -4.70. The number of phenols is 1. The minimum Gasteiger partial charge on any atom is -0.507 e. The smallest absolute Gasteiger partial charge is 0.322 e. The van der Waals surface area contributed by atoms with Gasteiger partial charge in [-0.3, -0.25) is 28.5 Å². The number of hydrogen-bond acceptors (Lipinski definition) is 6. The largest absolute Gasteiger partial charge is 0.507 e. The number of nitrogens with zero attached hydrogens (tertiary/aromatic N) is 5. The number of pyridine rings is 2. The van der Waals surface area contributed by atoms with Crippen LogP contribution < -0.4 is 11.1 Å². The maximum atomic E-state index is 15.8. The van der Waals surface area contributed by atoms with Crippen molar-refractivity contribution in [1.82, 2.24) is 24.0 Å². The minimum atomic E-state index is -1.11. The molecule has 1 fully saturated rings. The normalized spacial score (nSPS) is 17.1. The number of carbonyl (C=O) groups excluding carboxylic acids is 1. The van der Waals surface area contributed by atoms with Crippen LogP contribution in [0.2, 0.25) is 0 Å². The maximum Gasteiger partial charge on any atom is 0.322 e. The summed E-state index contributed by atoms with van der Waals surface area (Å²) in [5.41, 5.74) is -1.84. The summed E-state index contributed by atoms with van der Waals surface area (Å²) < 4.78 is 46.6. The Morgan fingerprint density at radius 2 is 1.86 bits per heavy atom. The number of aromatic hydroxyl groups is 1. The van der Waals surface area contributed by atoms with E-state index in [1.807, 2.05) is 13.8 Å². The fourth-order valence-corrected chi connectivity index (χ4v) is 5.83. The average Bonchev–Trinajstić information content (AvgIpc) is 2.94. The Morgan fingerprint density at radius 1 is 1.14 bits per heavy atom. The number of hydrogen-bond donors (Lipinski definition) is 1. The van der Waals surface area contributed by atoms with Crippen LogP contribution in [0, 0.1) is 18.6 Å². The van der Waals surface area contributed by atoms with E-state index < -0.39 is 63.6 Å². The number of aromatic nitrogens is 4. The summed E-state index contributed by atoms with van der Waals surface area (Å²) in [4.78, 5) is 50.3. The van der Waals surface area contributed by atoms with Crippen LogP contribution in [0.25, 0.3) is 28.1 Å². The van der Waals surface area contributed by atoms with Gasteiger partial charge in [-0.05, 0) is 56.4 Å². The first-order valence-corrected chi connectivity index (χ1v) is 13.8. The Hall–Kier alpha value is -4.74. The lowest BCUT2D eigenvalue weighted by atomic mass is 9.97. The highest BCUT2D eigenvalue weighted by molar-refractivity contribution is 5.91. The first kappa shape index (κ1) is 29.7. The Bertz CT molecular complexity index is 1900. The Morgan fingerprint density at radius 3 is 2.49 bits per heavy atom. The number of rotatable bonds is 5. The first-order chi connectivity index (χ1) is 20.3. The van der Waals surface area contributed by atoms with E-state index in [9.17, 15) is 28.3 Å². The van der Waals surface area contributed by atoms with Gasteiger partial charge in [0.05, 0.1) is 22.5 Å². The van der Waals surface area contributed by atoms with Crippen molar-refractivity contribution in [3.63, 3.8) is 0 Å². The fourth-order valence-electron chi connectivity index (χ4n) is 5.83. The van der Waals surface area contributed by atoms with E-state index in [0.717, 1.165) is 21.3 Å². The van der Waals surface area contributed by atoms with Crippen molar-refractivity contribution in [3.05, 3.63) is 92.5 Å². The van der Waals surface area contributed by atoms with Crippen LogP contribution in [0.5, 0.6) is 5.75 Å². The third kappa shape index (κ3) is 5.00. The molecule has 1 N–H and O–H groups in total.